The molecule has 0 saturated carbocycles. The van der Waals surface area contributed by atoms with Crippen LogP contribution in [0.25, 0.3) is 0 Å². The molecule has 68 valence electrons. The number of carbonyl (C=O) groups is 1. The smallest absolute Gasteiger partial charge is 0.221 e. The highest BCUT2D eigenvalue weighted by molar-refractivity contribution is 5.89. The topological polar surface area (TPSA) is 51.0 Å². The van der Waals surface area contributed by atoms with Gasteiger partial charge in [0, 0.05) is 25.2 Å². The van der Waals surface area contributed by atoms with Crippen LogP contribution in [0.4, 0.5) is 5.69 Å². The van der Waals surface area contributed by atoms with Crippen molar-refractivity contribution in [1.82, 2.24) is 5.32 Å². The van der Waals surface area contributed by atoms with Gasteiger partial charge in [-0.2, -0.15) is 0 Å². The van der Waals surface area contributed by atoms with Crippen LogP contribution in [0, 0.1) is 0 Å². The van der Waals surface area contributed by atoms with Gasteiger partial charge in [0.1, 0.15) is 0 Å². The van der Waals surface area contributed by atoms with E-state index in [9.17, 15) is 4.79 Å². The summed E-state index contributed by atoms with van der Waals surface area (Å²) in [6, 6.07) is 8.31. The largest absolute Gasteiger partial charge is 0.326 e. The third-order valence-corrected chi connectivity index (χ3v) is 2.06. The van der Waals surface area contributed by atoms with Crippen LogP contribution in [0.15, 0.2) is 24.3 Å². The Labute approximate surface area is 77.1 Å². The van der Waals surface area contributed by atoms with Gasteiger partial charge in [-0.05, 0) is 11.6 Å². The summed E-state index contributed by atoms with van der Waals surface area (Å²) < 4.78 is 0. The van der Waals surface area contributed by atoms with Crippen LogP contribution in [0.1, 0.15) is 18.5 Å². The molecule has 3 nitrogen and oxygen atoms in total. The quantitative estimate of drug-likeness (QED) is 0.667. The minimum Gasteiger partial charge on any atom is -0.326 e. The van der Waals surface area contributed by atoms with Crippen molar-refractivity contribution in [2.75, 3.05) is 11.9 Å². The van der Waals surface area contributed by atoms with Crippen molar-refractivity contribution < 1.29 is 4.79 Å². The predicted molar refractivity (Wildman–Crippen MR) is 51.5 cm³/mol. The van der Waals surface area contributed by atoms with Crippen LogP contribution >= 0.6 is 0 Å². The third kappa shape index (κ3) is 1.87. The molecule has 0 bridgehead atoms. The molecule has 0 unspecified atom stereocenters. The molecule has 13 heavy (non-hydrogen) atoms. The Bertz CT molecular complexity index is 331. The van der Waals surface area contributed by atoms with Crippen LogP contribution in [0.5, 0.6) is 0 Å². The van der Waals surface area contributed by atoms with Gasteiger partial charge in [0.15, 0.2) is 0 Å². The molecule has 0 aromatic heterocycles. The van der Waals surface area contributed by atoms with Gasteiger partial charge in [-0.1, -0.05) is 18.2 Å². The van der Waals surface area contributed by atoms with Crippen molar-refractivity contribution in [2.24, 2.45) is 0 Å². The zero-order valence-electron chi connectivity index (χ0n) is 7.50. The van der Waals surface area contributed by atoms with Crippen molar-refractivity contribution in [1.29, 1.82) is 0 Å². The highest BCUT2D eigenvalue weighted by atomic mass is 16.1. The minimum absolute atomic E-state index is 0.0203. The summed E-state index contributed by atoms with van der Waals surface area (Å²) >= 11 is 0. The van der Waals surface area contributed by atoms with E-state index in [1.54, 1.807) is 0 Å². The Balaban J connectivity index is 2.26. The minimum atomic E-state index is -0.0203. The van der Waals surface area contributed by atoms with E-state index in [-0.39, 0.29) is 5.91 Å². The highest BCUT2D eigenvalue weighted by Crippen LogP contribution is 2.28. The second kappa shape index (κ2) is 3.18. The van der Waals surface area contributed by atoms with E-state index >= 15 is 0 Å². The molecule has 3 heteroatoms. The fraction of sp³-hybridized carbons (Fsp3) is 0.300. The molecule has 0 radical (unpaired) electrons. The molecule has 2 N–H and O–H groups in total. The second-order valence-electron chi connectivity index (χ2n) is 3.23. The molecule has 1 aromatic rings. The summed E-state index contributed by atoms with van der Waals surface area (Å²) in [4.78, 5) is 10.9. The molecule has 0 spiro atoms. The van der Waals surface area contributed by atoms with Crippen molar-refractivity contribution in [3.05, 3.63) is 29.8 Å². The maximum atomic E-state index is 10.9. The first-order valence-electron chi connectivity index (χ1n) is 4.37. The number of para-hydroxylation sites is 1. The Kier molecular flexibility index (Phi) is 2.02. The summed E-state index contributed by atoms with van der Waals surface area (Å²) in [5.41, 5.74) is 2.10. The molecule has 1 saturated heterocycles. The molecular weight excluding hydrogens is 164 g/mol. The van der Waals surface area contributed by atoms with Gasteiger partial charge >= 0.3 is 0 Å². The van der Waals surface area contributed by atoms with Crippen molar-refractivity contribution in [2.45, 2.75) is 13.0 Å². The standard InChI is InChI=1S/C10H12N2O/c1-7(13)12-9-5-3-2-4-8(9)10-6-11-10/h2-5,10-11H,6H2,1H3,(H,12,13)/t10-/m1/s1. The Morgan fingerprint density at radius 2 is 2.23 bits per heavy atom. The van der Waals surface area contributed by atoms with Gasteiger partial charge in [0.25, 0.3) is 0 Å². The van der Waals surface area contributed by atoms with Crippen molar-refractivity contribution >= 4 is 11.6 Å². The average molecular weight is 176 g/mol. The number of anilines is 1. The lowest BCUT2D eigenvalue weighted by molar-refractivity contribution is -0.114. The number of rotatable bonds is 2. The van der Waals surface area contributed by atoms with Crippen LogP contribution in [-0.2, 0) is 4.79 Å². The van der Waals surface area contributed by atoms with E-state index in [1.165, 1.54) is 12.5 Å². The monoisotopic (exact) mass is 176 g/mol. The lowest BCUT2D eigenvalue weighted by Crippen LogP contribution is -2.08. The molecular formula is C10H12N2O. The Hall–Kier alpha value is -1.35. The number of hydrogen-bond acceptors (Lipinski definition) is 2. The lowest BCUT2D eigenvalue weighted by Gasteiger charge is -2.07. The maximum Gasteiger partial charge on any atom is 0.221 e. The molecule has 1 fully saturated rings. The summed E-state index contributed by atoms with van der Waals surface area (Å²) in [6.45, 7) is 2.54. The molecule has 2 rings (SSSR count). The maximum absolute atomic E-state index is 10.9. The van der Waals surface area contributed by atoms with Crippen molar-refractivity contribution in [3.63, 3.8) is 0 Å². The van der Waals surface area contributed by atoms with Gasteiger partial charge in [-0.3, -0.25) is 4.79 Å². The van der Waals surface area contributed by atoms with Crippen LogP contribution in [0.2, 0.25) is 0 Å². The van der Waals surface area contributed by atoms with Crippen LogP contribution in [0.3, 0.4) is 0 Å². The molecule has 1 amide bonds. The van der Waals surface area contributed by atoms with Gasteiger partial charge < -0.3 is 10.6 Å². The number of hydrogen-bond donors (Lipinski definition) is 2. The first-order valence-corrected chi connectivity index (χ1v) is 4.37. The zero-order valence-corrected chi connectivity index (χ0v) is 7.50. The van der Waals surface area contributed by atoms with Crippen LogP contribution < -0.4 is 10.6 Å². The van der Waals surface area contributed by atoms with Gasteiger partial charge in [-0.15, -0.1) is 0 Å². The first-order chi connectivity index (χ1) is 6.27. The van der Waals surface area contributed by atoms with E-state index in [0.717, 1.165) is 12.2 Å². The fourth-order valence-corrected chi connectivity index (χ4v) is 1.38. The molecule has 0 aliphatic carbocycles. The fourth-order valence-electron chi connectivity index (χ4n) is 1.38. The molecule has 1 aliphatic rings. The Morgan fingerprint density at radius 3 is 2.85 bits per heavy atom. The van der Waals surface area contributed by atoms with Gasteiger partial charge in [-0.25, -0.2) is 0 Å². The average Bonchev–Trinajstić information content (AvgIpc) is 2.87. The first kappa shape index (κ1) is 8.26. The lowest BCUT2D eigenvalue weighted by atomic mass is 10.1. The van der Waals surface area contributed by atoms with E-state index in [4.69, 9.17) is 0 Å². The van der Waals surface area contributed by atoms with E-state index in [2.05, 4.69) is 10.6 Å². The summed E-state index contributed by atoms with van der Waals surface area (Å²) in [6.07, 6.45) is 0. The molecule has 1 aromatic carbocycles. The van der Waals surface area contributed by atoms with E-state index in [0.29, 0.717) is 6.04 Å². The Morgan fingerprint density at radius 1 is 1.54 bits per heavy atom. The zero-order chi connectivity index (χ0) is 9.26. The summed E-state index contributed by atoms with van der Waals surface area (Å²) in [5, 5.41) is 6.03. The van der Waals surface area contributed by atoms with E-state index < -0.39 is 0 Å². The predicted octanol–water partition coefficient (Wildman–Crippen LogP) is 1.29. The normalized spacial score (nSPS) is 19.6. The second-order valence-corrected chi connectivity index (χ2v) is 3.23. The number of carbonyl (C=O) groups excluding carboxylic acids is 1. The van der Waals surface area contributed by atoms with Gasteiger partial charge in [0.2, 0.25) is 5.91 Å². The number of nitrogens with one attached hydrogen (secondary N) is 2. The summed E-state index contributed by atoms with van der Waals surface area (Å²) in [7, 11) is 0. The third-order valence-electron chi connectivity index (χ3n) is 2.06. The molecule has 1 heterocycles. The SMILES string of the molecule is CC(=O)Nc1ccccc1[C@H]1CN1. The number of benzene rings is 1. The summed E-state index contributed by atoms with van der Waals surface area (Å²) in [5.74, 6) is -0.0203. The highest BCUT2D eigenvalue weighted by Gasteiger charge is 2.24. The van der Waals surface area contributed by atoms with E-state index in [1.807, 2.05) is 24.3 Å². The molecule has 1 aliphatic heterocycles. The van der Waals surface area contributed by atoms with Crippen molar-refractivity contribution in [3.8, 4) is 0 Å². The number of amides is 1. The van der Waals surface area contributed by atoms with Crippen LogP contribution in [-0.4, -0.2) is 12.5 Å². The molecule has 1 atom stereocenters. The van der Waals surface area contributed by atoms with Gasteiger partial charge in [0.05, 0.1) is 0 Å².